The summed E-state index contributed by atoms with van der Waals surface area (Å²) in [5, 5.41) is 5.23. The van der Waals surface area contributed by atoms with Gasteiger partial charge in [-0.15, -0.1) is 0 Å². The fraction of sp³-hybridized carbons (Fsp3) is 0.281. The fourth-order valence-electron chi connectivity index (χ4n) is 5.28. The molecule has 4 aromatic rings. The number of guanidine groups is 1. The molecule has 0 saturated carbocycles. The van der Waals surface area contributed by atoms with E-state index in [-0.39, 0.29) is 29.0 Å². The molecule has 1 aliphatic rings. The molecule has 1 unspecified atom stereocenters. The van der Waals surface area contributed by atoms with Gasteiger partial charge in [0.15, 0.2) is 5.16 Å². The second-order valence-electron chi connectivity index (χ2n) is 10.4. The second-order valence-corrected chi connectivity index (χ2v) is 11.7. The molecule has 6 nitrogen and oxygen atoms in total. The smallest absolute Gasteiger partial charge is 0.209 e. The monoisotopic (exact) mass is 624 g/mol. The molecule has 1 heterocycles. The predicted molar refractivity (Wildman–Crippen MR) is 168 cm³/mol. The van der Waals surface area contributed by atoms with Crippen molar-refractivity contribution in [2.75, 3.05) is 7.05 Å². The number of imidazole rings is 1. The van der Waals surface area contributed by atoms with Gasteiger partial charge in [0, 0.05) is 41.2 Å². The summed E-state index contributed by atoms with van der Waals surface area (Å²) in [4.78, 5) is 8.68. The van der Waals surface area contributed by atoms with E-state index in [4.69, 9.17) is 22.3 Å². The lowest BCUT2D eigenvalue weighted by molar-refractivity contribution is 0.562. The number of aliphatic imine (C=N–C) groups is 1. The first-order valence-electron chi connectivity index (χ1n) is 14.0. The van der Waals surface area contributed by atoms with Crippen molar-refractivity contribution in [1.82, 2.24) is 15.0 Å². The van der Waals surface area contributed by atoms with Gasteiger partial charge >= 0.3 is 0 Å². The van der Waals surface area contributed by atoms with Crippen LogP contribution in [0, 0.1) is 24.4 Å². The molecule has 11 heteroatoms. The van der Waals surface area contributed by atoms with Crippen LogP contribution in [0.25, 0.3) is 5.69 Å². The Bertz CT molecular complexity index is 1650. The summed E-state index contributed by atoms with van der Waals surface area (Å²) in [6.45, 7) is 1.98. The number of aryl methyl sites for hydroxylation is 3. The van der Waals surface area contributed by atoms with Crippen molar-refractivity contribution in [3.05, 3.63) is 111 Å². The highest BCUT2D eigenvalue weighted by Gasteiger charge is 2.30. The Morgan fingerprint density at radius 2 is 1.88 bits per heavy atom. The van der Waals surface area contributed by atoms with Crippen molar-refractivity contribution in [3.8, 4) is 5.69 Å². The van der Waals surface area contributed by atoms with Crippen molar-refractivity contribution >= 4 is 35.5 Å². The fourth-order valence-corrected chi connectivity index (χ4v) is 6.46. The van der Waals surface area contributed by atoms with E-state index in [9.17, 15) is 4.39 Å². The number of hydrogen-bond donors (Lipinski definition) is 2. The lowest BCUT2D eigenvalue weighted by Crippen LogP contribution is -2.26. The second kappa shape index (κ2) is 13.7. The van der Waals surface area contributed by atoms with Crippen LogP contribution in [0.1, 0.15) is 58.8 Å². The van der Waals surface area contributed by atoms with E-state index in [0.717, 1.165) is 47.5 Å². The first-order chi connectivity index (χ1) is 20.7. The number of nitrogens with two attached hydrogens (primary N) is 1. The molecule has 0 radical (unpaired) electrons. The Balaban J connectivity index is 1.42. The van der Waals surface area contributed by atoms with E-state index in [1.54, 1.807) is 18.3 Å². The number of hydrogen-bond acceptors (Lipinski definition) is 4. The summed E-state index contributed by atoms with van der Waals surface area (Å²) >= 11 is 7.58. The van der Waals surface area contributed by atoms with Crippen LogP contribution in [0.3, 0.4) is 0 Å². The van der Waals surface area contributed by atoms with Gasteiger partial charge in [-0.2, -0.15) is 5.10 Å². The Labute approximate surface area is 258 Å². The number of hydrazone groups is 1. The summed E-state index contributed by atoms with van der Waals surface area (Å²) in [7, 11) is 1.53. The van der Waals surface area contributed by atoms with E-state index in [1.807, 2.05) is 23.6 Å². The lowest BCUT2D eigenvalue weighted by Gasteiger charge is -2.25. The molecule has 3 aromatic carbocycles. The zero-order valence-corrected chi connectivity index (χ0v) is 25.5. The van der Waals surface area contributed by atoms with Crippen molar-refractivity contribution < 1.29 is 13.2 Å². The van der Waals surface area contributed by atoms with Crippen LogP contribution in [0.5, 0.6) is 0 Å². The number of aromatic nitrogens is 2. The first-order valence-corrected chi connectivity index (χ1v) is 15.3. The van der Waals surface area contributed by atoms with Gasteiger partial charge in [-0.05, 0) is 98.2 Å². The number of fused-ring (bicyclic) bond motifs is 1. The molecule has 1 atom stereocenters. The molecule has 0 fully saturated rings. The van der Waals surface area contributed by atoms with Crippen LogP contribution in [0.15, 0.2) is 69.8 Å². The molecular formula is C32H32ClF3N6S. The largest absolute Gasteiger partial charge is 0.369 e. The van der Waals surface area contributed by atoms with E-state index in [1.165, 1.54) is 43.1 Å². The minimum absolute atomic E-state index is 0.0208. The van der Waals surface area contributed by atoms with Gasteiger partial charge in [-0.1, -0.05) is 35.5 Å². The highest BCUT2D eigenvalue weighted by Crippen LogP contribution is 2.42. The summed E-state index contributed by atoms with van der Waals surface area (Å²) < 4.78 is 46.3. The third-order valence-corrected chi connectivity index (χ3v) is 8.87. The predicted octanol–water partition coefficient (Wildman–Crippen LogP) is 7.46. The topological polar surface area (TPSA) is 80.6 Å². The zero-order chi connectivity index (χ0) is 30.5. The molecule has 0 amide bonds. The molecule has 3 N–H and O–H groups in total. The number of thioether (sulfide) groups is 1. The zero-order valence-electron chi connectivity index (χ0n) is 23.9. The average molecular weight is 625 g/mol. The maximum Gasteiger partial charge on any atom is 0.209 e. The number of halogens is 4. The highest BCUT2D eigenvalue weighted by atomic mass is 35.5. The highest BCUT2D eigenvalue weighted by molar-refractivity contribution is 7.98. The summed E-state index contributed by atoms with van der Waals surface area (Å²) in [5.41, 5.74) is 13.4. The quantitative estimate of drug-likeness (QED) is 0.0876. The van der Waals surface area contributed by atoms with Crippen molar-refractivity contribution in [2.24, 2.45) is 15.8 Å². The molecule has 0 bridgehead atoms. The van der Waals surface area contributed by atoms with Crippen LogP contribution in [-0.2, 0) is 18.6 Å². The molecule has 224 valence electrons. The molecule has 5 rings (SSSR count). The normalized spacial score (nSPS) is 15.2. The average Bonchev–Trinajstić information content (AvgIpc) is 3.36. The number of rotatable bonds is 9. The Morgan fingerprint density at radius 3 is 2.58 bits per heavy atom. The van der Waals surface area contributed by atoms with Gasteiger partial charge < -0.3 is 5.73 Å². The maximum atomic E-state index is 15.2. The maximum absolute atomic E-state index is 15.2. The van der Waals surface area contributed by atoms with Crippen LogP contribution < -0.4 is 11.2 Å². The van der Waals surface area contributed by atoms with Crippen LogP contribution in [0.4, 0.5) is 13.2 Å². The third kappa shape index (κ3) is 7.08. The van der Waals surface area contributed by atoms with E-state index in [2.05, 4.69) is 21.6 Å². The van der Waals surface area contributed by atoms with Gasteiger partial charge in [-0.3, -0.25) is 9.56 Å². The van der Waals surface area contributed by atoms with Crippen molar-refractivity contribution in [2.45, 2.75) is 55.9 Å². The van der Waals surface area contributed by atoms with E-state index < -0.39 is 11.6 Å². The standard InChI is InChI=1S/C32H32ClF3N6S/c1-19-15-21(8-13-26(19)33)24-6-3-7-29-30(24)42(23-11-9-22(34)10-12-23)32(40-29)43-18-25-27(35)16-20(17-28(25)36)5-4-14-39-41-31(37)38-2/h8-17,24H,3-7,18H2,1-2H3,(H3,37,38,41)/b39-14+. The Kier molecular flexibility index (Phi) is 9.77. The molecule has 0 spiro atoms. The minimum Gasteiger partial charge on any atom is -0.369 e. The Morgan fingerprint density at radius 1 is 1.14 bits per heavy atom. The number of nitrogens with one attached hydrogen (secondary N) is 1. The minimum atomic E-state index is -0.612. The third-order valence-electron chi connectivity index (χ3n) is 7.48. The first kappa shape index (κ1) is 30.7. The molecule has 1 aliphatic carbocycles. The van der Waals surface area contributed by atoms with Gasteiger partial charge in [0.25, 0.3) is 0 Å². The summed E-state index contributed by atoms with van der Waals surface area (Å²) in [5.74, 6) is -1.31. The molecule has 1 aromatic heterocycles. The lowest BCUT2D eigenvalue weighted by atomic mass is 9.83. The van der Waals surface area contributed by atoms with Crippen molar-refractivity contribution in [1.29, 1.82) is 0 Å². The molecular weight excluding hydrogens is 593 g/mol. The molecule has 43 heavy (non-hydrogen) atoms. The van der Waals surface area contributed by atoms with Gasteiger partial charge in [0.1, 0.15) is 17.5 Å². The van der Waals surface area contributed by atoms with E-state index in [0.29, 0.717) is 28.6 Å². The summed E-state index contributed by atoms with van der Waals surface area (Å²) in [6.07, 6.45) is 5.10. The van der Waals surface area contributed by atoms with E-state index >= 15 is 8.78 Å². The van der Waals surface area contributed by atoms with Crippen LogP contribution in [-0.4, -0.2) is 28.8 Å². The van der Waals surface area contributed by atoms with Crippen molar-refractivity contribution in [3.63, 3.8) is 0 Å². The molecule has 0 saturated heterocycles. The van der Waals surface area contributed by atoms with Gasteiger partial charge in [-0.25, -0.2) is 23.6 Å². The van der Waals surface area contributed by atoms with Crippen LogP contribution >= 0.6 is 23.4 Å². The number of nitrogens with zero attached hydrogens (tertiary/aromatic N) is 4. The van der Waals surface area contributed by atoms with Gasteiger partial charge in [0.2, 0.25) is 5.96 Å². The molecule has 0 aliphatic heterocycles. The summed E-state index contributed by atoms with van der Waals surface area (Å²) in [6, 6.07) is 15.0. The number of benzene rings is 3. The van der Waals surface area contributed by atoms with Crippen LogP contribution in [0.2, 0.25) is 5.02 Å². The van der Waals surface area contributed by atoms with Gasteiger partial charge in [0.05, 0.1) is 11.4 Å². The Hall–Kier alpha value is -3.76. The SMILES string of the molecule is C/N=C(\N)N/N=C/CCc1cc(F)c(CSc2nc3c(n2-c2ccc(F)cc2)C(c2ccc(Cl)c(C)c2)CCC3)c(F)c1.